The maximum atomic E-state index is 13.3. The Labute approximate surface area is 168 Å². The molecule has 0 fully saturated rings. The lowest BCUT2D eigenvalue weighted by Gasteiger charge is -2.18. The van der Waals surface area contributed by atoms with Gasteiger partial charge < -0.3 is 19.2 Å². The van der Waals surface area contributed by atoms with Crippen molar-refractivity contribution in [3.8, 4) is 23.0 Å². The summed E-state index contributed by atoms with van der Waals surface area (Å²) in [6.45, 7) is 6.68. The van der Waals surface area contributed by atoms with Crippen LogP contribution in [0, 0.1) is 6.92 Å². The first-order chi connectivity index (χ1) is 14.0. The summed E-state index contributed by atoms with van der Waals surface area (Å²) in [5.74, 6) is 1.20. The van der Waals surface area contributed by atoms with Crippen LogP contribution in [0.25, 0.3) is 11.5 Å². The molecule has 1 aromatic heterocycles. The fraction of sp³-hybridized carbons (Fsp3) is 0.190. The molecule has 0 spiro atoms. The topological polar surface area (TPSA) is 90.7 Å². The van der Waals surface area contributed by atoms with Gasteiger partial charge in [0.15, 0.2) is 11.5 Å². The highest BCUT2D eigenvalue weighted by Crippen LogP contribution is 2.37. The van der Waals surface area contributed by atoms with E-state index in [4.69, 9.17) is 13.9 Å². The van der Waals surface area contributed by atoms with Gasteiger partial charge in [0, 0.05) is 18.2 Å². The molecule has 4 rings (SSSR count). The van der Waals surface area contributed by atoms with Crippen LogP contribution in [0.3, 0.4) is 0 Å². The van der Waals surface area contributed by atoms with Crippen molar-refractivity contribution in [1.82, 2.24) is 4.98 Å². The molecule has 1 aliphatic heterocycles. The van der Waals surface area contributed by atoms with E-state index in [1.54, 1.807) is 12.1 Å². The molecule has 2 heterocycles. The molecule has 0 radical (unpaired) electrons. The number of nitrogens with zero attached hydrogens (tertiary/aromatic N) is 1. The molecule has 0 saturated heterocycles. The third-order valence-electron chi connectivity index (χ3n) is 4.46. The first-order valence-electron chi connectivity index (χ1n) is 9.07. The number of hydrogen-bond acceptors (Lipinski definition) is 7. The minimum absolute atomic E-state index is 0.0491. The second-order valence-electron chi connectivity index (χ2n) is 6.45. The molecule has 7 nitrogen and oxygen atoms in total. The number of fused-ring (bicyclic) bond motifs is 1. The number of rotatable bonds is 6. The van der Waals surface area contributed by atoms with Gasteiger partial charge in [0.05, 0.1) is 4.90 Å². The number of aryl methyl sites for hydroxylation is 1. The second kappa shape index (κ2) is 7.63. The quantitative estimate of drug-likeness (QED) is 0.615. The molecule has 1 N–H and O–H groups in total. The number of sulfone groups is 1. The number of nitrogens with one attached hydrogen (secondary N) is 1. The Morgan fingerprint density at radius 3 is 2.66 bits per heavy atom. The summed E-state index contributed by atoms with van der Waals surface area (Å²) in [5.41, 5.74) is 1.64. The van der Waals surface area contributed by atoms with Gasteiger partial charge in [0.1, 0.15) is 13.2 Å². The van der Waals surface area contributed by atoms with Crippen molar-refractivity contribution in [3.63, 3.8) is 0 Å². The number of oxazole rings is 1. The van der Waals surface area contributed by atoms with Gasteiger partial charge in [-0.25, -0.2) is 8.42 Å². The summed E-state index contributed by atoms with van der Waals surface area (Å²) in [7, 11) is -3.97. The van der Waals surface area contributed by atoms with Crippen LogP contribution >= 0.6 is 0 Å². The van der Waals surface area contributed by atoms with E-state index in [9.17, 15) is 8.42 Å². The van der Waals surface area contributed by atoms with Gasteiger partial charge in [-0.15, -0.1) is 6.58 Å². The van der Waals surface area contributed by atoms with E-state index >= 15 is 0 Å². The fourth-order valence-electron chi connectivity index (χ4n) is 3.00. The number of aromatic nitrogens is 1. The van der Waals surface area contributed by atoms with E-state index in [0.29, 0.717) is 31.3 Å². The average Bonchev–Trinajstić information content (AvgIpc) is 3.17. The van der Waals surface area contributed by atoms with Gasteiger partial charge in [-0.05, 0) is 30.7 Å². The lowest BCUT2D eigenvalue weighted by atomic mass is 10.1. The average molecular weight is 412 g/mol. The maximum Gasteiger partial charge on any atom is 0.234 e. The normalized spacial score (nSPS) is 13.1. The predicted octanol–water partition coefficient (Wildman–Crippen LogP) is 3.85. The third-order valence-corrected chi connectivity index (χ3v) is 6.12. The third kappa shape index (κ3) is 3.58. The number of anilines is 1. The highest BCUT2D eigenvalue weighted by Gasteiger charge is 2.30. The molecule has 1 aliphatic rings. The highest BCUT2D eigenvalue weighted by molar-refractivity contribution is 7.91. The Morgan fingerprint density at radius 1 is 1.14 bits per heavy atom. The Kier molecular flexibility index (Phi) is 5.02. The molecule has 150 valence electrons. The molecule has 0 amide bonds. The van der Waals surface area contributed by atoms with Crippen molar-refractivity contribution in [3.05, 3.63) is 60.7 Å². The van der Waals surface area contributed by atoms with Gasteiger partial charge in [-0.1, -0.05) is 24.3 Å². The van der Waals surface area contributed by atoms with Gasteiger partial charge in [0.2, 0.25) is 26.6 Å². The largest absolute Gasteiger partial charge is 0.486 e. The number of benzene rings is 2. The summed E-state index contributed by atoms with van der Waals surface area (Å²) in [6, 6.07) is 12.0. The van der Waals surface area contributed by atoms with E-state index < -0.39 is 9.84 Å². The molecule has 29 heavy (non-hydrogen) atoms. The van der Waals surface area contributed by atoms with E-state index in [0.717, 1.165) is 11.1 Å². The van der Waals surface area contributed by atoms with Crippen LogP contribution in [-0.4, -0.2) is 33.2 Å². The zero-order valence-electron chi connectivity index (χ0n) is 15.8. The Hall–Kier alpha value is -3.26. The van der Waals surface area contributed by atoms with Crippen molar-refractivity contribution in [2.24, 2.45) is 0 Å². The van der Waals surface area contributed by atoms with Crippen molar-refractivity contribution in [2.75, 3.05) is 25.1 Å². The minimum atomic E-state index is -3.97. The maximum absolute atomic E-state index is 13.3. The highest BCUT2D eigenvalue weighted by atomic mass is 32.2. The Bertz CT molecular complexity index is 1170. The molecular weight excluding hydrogens is 392 g/mol. The van der Waals surface area contributed by atoms with Crippen molar-refractivity contribution in [2.45, 2.75) is 16.8 Å². The summed E-state index contributed by atoms with van der Waals surface area (Å²) in [4.78, 5) is 4.38. The Morgan fingerprint density at radius 2 is 1.90 bits per heavy atom. The van der Waals surface area contributed by atoms with Crippen molar-refractivity contribution < 1.29 is 22.3 Å². The number of ether oxygens (including phenoxy) is 2. The molecule has 0 atom stereocenters. The predicted molar refractivity (Wildman–Crippen MR) is 108 cm³/mol. The zero-order chi connectivity index (χ0) is 20.4. The monoisotopic (exact) mass is 412 g/mol. The van der Waals surface area contributed by atoms with Gasteiger partial charge in [-0.2, -0.15) is 4.98 Å². The van der Waals surface area contributed by atoms with Crippen LogP contribution in [0.2, 0.25) is 0 Å². The van der Waals surface area contributed by atoms with Gasteiger partial charge >= 0.3 is 0 Å². The van der Waals surface area contributed by atoms with Crippen LogP contribution < -0.4 is 14.8 Å². The van der Waals surface area contributed by atoms with Crippen molar-refractivity contribution in [1.29, 1.82) is 0 Å². The summed E-state index contributed by atoms with van der Waals surface area (Å²) >= 11 is 0. The van der Waals surface area contributed by atoms with Crippen LogP contribution in [0.5, 0.6) is 11.5 Å². The first-order valence-corrected chi connectivity index (χ1v) is 10.6. The fourth-order valence-corrected chi connectivity index (χ4v) is 4.29. The first kappa shape index (κ1) is 19.1. The smallest absolute Gasteiger partial charge is 0.234 e. The summed E-state index contributed by atoms with van der Waals surface area (Å²) in [5, 5.41) is 2.74. The standard InChI is InChI=1S/C21H20N2O5S/c1-3-10-22-20-21(23-19(28-20)16-7-5-4-6-14(16)2)29(24,25)15-8-9-17-18(13-15)27-12-11-26-17/h3-9,13,22H,1,10-12H2,2H3. The summed E-state index contributed by atoms with van der Waals surface area (Å²) in [6.07, 6.45) is 1.61. The SMILES string of the molecule is C=CCNc1oc(-c2ccccc2C)nc1S(=O)(=O)c1ccc2c(c1)OCCO2. The number of hydrogen-bond donors (Lipinski definition) is 1. The lowest BCUT2D eigenvalue weighted by molar-refractivity contribution is 0.171. The van der Waals surface area contributed by atoms with Gasteiger partial charge in [-0.3, -0.25) is 0 Å². The Balaban J connectivity index is 1.82. The van der Waals surface area contributed by atoms with E-state index in [-0.39, 0.29) is 21.7 Å². The molecule has 0 bridgehead atoms. The molecular formula is C21H20N2O5S. The van der Waals surface area contributed by atoms with E-state index in [1.807, 2.05) is 31.2 Å². The van der Waals surface area contributed by atoms with E-state index in [1.165, 1.54) is 12.1 Å². The van der Waals surface area contributed by atoms with Crippen molar-refractivity contribution >= 4 is 15.7 Å². The lowest BCUT2D eigenvalue weighted by Crippen LogP contribution is -2.16. The molecule has 0 unspecified atom stereocenters. The molecule has 3 aromatic rings. The van der Waals surface area contributed by atoms with E-state index in [2.05, 4.69) is 16.9 Å². The van der Waals surface area contributed by atoms with Crippen LogP contribution in [0.4, 0.5) is 5.88 Å². The summed E-state index contributed by atoms with van der Waals surface area (Å²) < 4.78 is 43.5. The van der Waals surface area contributed by atoms with Gasteiger partial charge in [0.25, 0.3) is 0 Å². The van der Waals surface area contributed by atoms with Crippen LogP contribution in [0.1, 0.15) is 5.56 Å². The van der Waals surface area contributed by atoms with Crippen LogP contribution in [0.15, 0.2) is 69.5 Å². The molecule has 2 aromatic carbocycles. The second-order valence-corrected chi connectivity index (χ2v) is 8.31. The molecule has 0 aliphatic carbocycles. The minimum Gasteiger partial charge on any atom is -0.486 e. The molecule has 8 heteroatoms. The van der Waals surface area contributed by atoms with Crippen LogP contribution in [-0.2, 0) is 9.84 Å². The zero-order valence-corrected chi connectivity index (χ0v) is 16.7. The molecule has 0 saturated carbocycles.